The highest BCUT2D eigenvalue weighted by Crippen LogP contribution is 2.37. The predicted molar refractivity (Wildman–Crippen MR) is 79.0 cm³/mol. The Morgan fingerprint density at radius 3 is 2.70 bits per heavy atom. The monoisotopic (exact) mass is 297 g/mol. The third-order valence-electron chi connectivity index (χ3n) is 3.45. The number of alkyl halides is 1. The topological polar surface area (TPSA) is 47.6 Å². The smallest absolute Gasteiger partial charge is 0.239 e. The Hall–Kier alpha value is -1.10. The van der Waals surface area contributed by atoms with Gasteiger partial charge in [0.25, 0.3) is 0 Å². The van der Waals surface area contributed by atoms with E-state index in [2.05, 4.69) is 5.32 Å². The summed E-state index contributed by atoms with van der Waals surface area (Å²) >= 11 is 5.60. The highest BCUT2D eigenvalue weighted by molar-refractivity contribution is 6.29. The predicted octanol–water partition coefficient (Wildman–Crippen LogP) is 3.04. The largest absolute Gasteiger partial charge is 0.346 e. The fourth-order valence-corrected chi connectivity index (χ4v) is 2.45. The Labute approximate surface area is 124 Å². The van der Waals surface area contributed by atoms with Crippen LogP contribution in [0.1, 0.15) is 31.4 Å². The van der Waals surface area contributed by atoms with Gasteiger partial charge < -0.3 is 14.8 Å². The molecule has 1 amide bonds. The van der Waals surface area contributed by atoms with E-state index in [0.717, 1.165) is 29.7 Å². The third-order valence-corrected chi connectivity index (χ3v) is 3.69. The number of benzene rings is 1. The molecule has 4 nitrogen and oxygen atoms in total. The van der Waals surface area contributed by atoms with Crippen LogP contribution in [0.4, 0.5) is 5.69 Å². The lowest BCUT2D eigenvalue weighted by molar-refractivity contribution is -0.264. The standard InChI is InChI=1S/C15H20ClNO3/c1-3-11-6-4-7-12(14(11)17-13(18)10-16)15(2)19-8-5-9-20-15/h4,6-7H,3,5,8-10H2,1-2H3,(H,17,18). The molecular formula is C15H20ClNO3. The van der Waals surface area contributed by atoms with Gasteiger partial charge in [0, 0.05) is 5.56 Å². The second-order valence-corrected chi connectivity index (χ2v) is 5.14. The maximum atomic E-state index is 11.7. The summed E-state index contributed by atoms with van der Waals surface area (Å²) in [7, 11) is 0. The average molecular weight is 298 g/mol. The van der Waals surface area contributed by atoms with Crippen molar-refractivity contribution in [2.24, 2.45) is 0 Å². The van der Waals surface area contributed by atoms with E-state index < -0.39 is 5.79 Å². The van der Waals surface area contributed by atoms with Crippen molar-refractivity contribution >= 4 is 23.2 Å². The van der Waals surface area contributed by atoms with Crippen molar-refractivity contribution in [1.29, 1.82) is 0 Å². The molecule has 110 valence electrons. The van der Waals surface area contributed by atoms with Crippen LogP contribution >= 0.6 is 11.6 Å². The maximum Gasteiger partial charge on any atom is 0.239 e. The van der Waals surface area contributed by atoms with Gasteiger partial charge >= 0.3 is 0 Å². The van der Waals surface area contributed by atoms with Gasteiger partial charge in [-0.05, 0) is 25.3 Å². The molecule has 20 heavy (non-hydrogen) atoms. The summed E-state index contributed by atoms with van der Waals surface area (Å²) in [6, 6.07) is 5.87. The van der Waals surface area contributed by atoms with Crippen LogP contribution in [0.2, 0.25) is 0 Å². The lowest BCUT2D eigenvalue weighted by atomic mass is 9.98. The lowest BCUT2D eigenvalue weighted by Gasteiger charge is -2.36. The number of ether oxygens (including phenoxy) is 2. The third kappa shape index (κ3) is 3.14. The summed E-state index contributed by atoms with van der Waals surface area (Å²) in [5, 5.41) is 2.87. The summed E-state index contributed by atoms with van der Waals surface area (Å²) in [4.78, 5) is 11.7. The molecule has 0 atom stereocenters. The van der Waals surface area contributed by atoms with Crippen molar-refractivity contribution < 1.29 is 14.3 Å². The molecule has 5 heteroatoms. The SMILES string of the molecule is CCc1cccc(C2(C)OCCCO2)c1NC(=O)CCl. The average Bonchev–Trinajstić information content (AvgIpc) is 2.48. The molecule has 1 aliphatic rings. The molecule has 1 heterocycles. The molecule has 0 unspecified atom stereocenters. The van der Waals surface area contributed by atoms with Gasteiger partial charge in [-0.1, -0.05) is 25.1 Å². The number of nitrogens with one attached hydrogen (secondary N) is 1. The van der Waals surface area contributed by atoms with Crippen molar-refractivity contribution in [2.75, 3.05) is 24.4 Å². The highest BCUT2D eigenvalue weighted by atomic mass is 35.5. The molecule has 1 saturated heterocycles. The van der Waals surface area contributed by atoms with Gasteiger partial charge in [-0.25, -0.2) is 0 Å². The summed E-state index contributed by atoms with van der Waals surface area (Å²) in [5.74, 6) is -1.12. The van der Waals surface area contributed by atoms with Gasteiger partial charge in [-0.15, -0.1) is 11.6 Å². The van der Waals surface area contributed by atoms with E-state index in [9.17, 15) is 4.79 Å². The van der Waals surface area contributed by atoms with Gasteiger partial charge in [0.05, 0.1) is 18.9 Å². The van der Waals surface area contributed by atoms with Crippen molar-refractivity contribution in [3.05, 3.63) is 29.3 Å². The summed E-state index contributed by atoms with van der Waals surface area (Å²) in [5.41, 5.74) is 2.64. The van der Waals surface area contributed by atoms with Gasteiger partial charge in [0.1, 0.15) is 5.88 Å². The summed E-state index contributed by atoms with van der Waals surface area (Å²) in [6.45, 7) is 5.23. The van der Waals surface area contributed by atoms with Crippen LogP contribution in [-0.4, -0.2) is 25.0 Å². The van der Waals surface area contributed by atoms with E-state index in [1.807, 2.05) is 32.0 Å². The molecule has 1 fully saturated rings. The first-order chi connectivity index (χ1) is 9.60. The molecule has 0 saturated carbocycles. The van der Waals surface area contributed by atoms with E-state index in [4.69, 9.17) is 21.1 Å². The van der Waals surface area contributed by atoms with Gasteiger partial charge in [0.15, 0.2) is 5.79 Å². The molecular weight excluding hydrogens is 278 g/mol. The van der Waals surface area contributed by atoms with Crippen molar-refractivity contribution in [3.63, 3.8) is 0 Å². The van der Waals surface area contributed by atoms with Gasteiger partial charge in [-0.2, -0.15) is 0 Å². The molecule has 1 N–H and O–H groups in total. The molecule has 0 spiro atoms. The van der Waals surface area contributed by atoms with Crippen molar-refractivity contribution in [2.45, 2.75) is 32.5 Å². The van der Waals surface area contributed by atoms with Crippen LogP contribution in [0.5, 0.6) is 0 Å². The quantitative estimate of drug-likeness (QED) is 0.869. The van der Waals surface area contributed by atoms with Gasteiger partial charge in [-0.3, -0.25) is 4.79 Å². The number of anilines is 1. The minimum absolute atomic E-state index is 0.0735. The van der Waals surface area contributed by atoms with E-state index in [0.29, 0.717) is 13.2 Å². The minimum Gasteiger partial charge on any atom is -0.346 e. The van der Waals surface area contributed by atoms with Crippen LogP contribution < -0.4 is 5.32 Å². The molecule has 1 aromatic carbocycles. The zero-order valence-corrected chi connectivity index (χ0v) is 12.6. The number of para-hydroxylation sites is 1. The second kappa shape index (κ2) is 6.57. The van der Waals surface area contributed by atoms with E-state index in [-0.39, 0.29) is 11.8 Å². The van der Waals surface area contributed by atoms with Gasteiger partial charge in [0.2, 0.25) is 5.91 Å². The lowest BCUT2D eigenvalue weighted by Crippen LogP contribution is -2.36. The van der Waals surface area contributed by atoms with Crippen molar-refractivity contribution in [3.8, 4) is 0 Å². The summed E-state index contributed by atoms with van der Waals surface area (Å²) in [6.07, 6.45) is 1.69. The first kappa shape index (κ1) is 15.3. The first-order valence-corrected chi connectivity index (χ1v) is 7.40. The molecule has 0 bridgehead atoms. The molecule has 0 aliphatic carbocycles. The first-order valence-electron chi connectivity index (χ1n) is 6.87. The Kier molecular flexibility index (Phi) is 5.02. The Balaban J connectivity index is 2.42. The normalized spacial score (nSPS) is 17.8. The Morgan fingerprint density at radius 1 is 1.40 bits per heavy atom. The molecule has 0 radical (unpaired) electrons. The zero-order valence-electron chi connectivity index (χ0n) is 11.9. The van der Waals surface area contributed by atoms with Crippen LogP contribution in [0, 0.1) is 0 Å². The molecule has 1 aliphatic heterocycles. The van der Waals surface area contributed by atoms with Crippen LogP contribution in [0.3, 0.4) is 0 Å². The van der Waals surface area contributed by atoms with Crippen LogP contribution in [0.25, 0.3) is 0 Å². The van der Waals surface area contributed by atoms with Crippen LogP contribution in [-0.2, 0) is 26.5 Å². The molecule has 0 aromatic heterocycles. The fraction of sp³-hybridized carbons (Fsp3) is 0.533. The zero-order chi connectivity index (χ0) is 14.6. The molecule has 1 aromatic rings. The Morgan fingerprint density at radius 2 is 2.10 bits per heavy atom. The Bertz CT molecular complexity index is 484. The number of halogens is 1. The number of rotatable bonds is 4. The number of carbonyl (C=O) groups is 1. The molecule has 2 rings (SSSR count). The number of hydrogen-bond acceptors (Lipinski definition) is 3. The number of hydrogen-bond donors (Lipinski definition) is 1. The van der Waals surface area contributed by atoms with Crippen molar-refractivity contribution in [1.82, 2.24) is 0 Å². The number of amides is 1. The summed E-state index contributed by atoms with van der Waals surface area (Å²) < 4.78 is 11.6. The van der Waals surface area contributed by atoms with E-state index in [1.165, 1.54) is 0 Å². The fourth-order valence-electron chi connectivity index (χ4n) is 2.38. The maximum absolute atomic E-state index is 11.7. The van der Waals surface area contributed by atoms with E-state index >= 15 is 0 Å². The number of aryl methyl sites for hydroxylation is 1. The van der Waals surface area contributed by atoms with E-state index in [1.54, 1.807) is 0 Å². The second-order valence-electron chi connectivity index (χ2n) is 4.87. The highest BCUT2D eigenvalue weighted by Gasteiger charge is 2.34. The minimum atomic E-state index is -0.821. The van der Waals surface area contributed by atoms with Crippen LogP contribution in [0.15, 0.2) is 18.2 Å². The number of carbonyl (C=O) groups excluding carboxylic acids is 1.